The monoisotopic (exact) mass is 1500 g/mol. The van der Waals surface area contributed by atoms with Crippen LogP contribution in [0.15, 0.2) is 261 Å². The summed E-state index contributed by atoms with van der Waals surface area (Å²) in [5.41, 5.74) is 35.2. The molecule has 1 aliphatic rings. The molecular formula is C111H127N3. The van der Waals surface area contributed by atoms with E-state index in [0.29, 0.717) is 0 Å². The van der Waals surface area contributed by atoms with E-state index in [9.17, 15) is 0 Å². The molecule has 1 aromatic heterocycles. The van der Waals surface area contributed by atoms with Crippen LogP contribution in [-0.2, 0) is 31.1 Å². The van der Waals surface area contributed by atoms with E-state index in [1.807, 2.05) is 0 Å². The number of benzene rings is 12. The highest BCUT2D eigenvalue weighted by molar-refractivity contribution is 6.12. The molecule has 3 heteroatoms. The highest BCUT2D eigenvalue weighted by Crippen LogP contribution is 2.57. The maximum Gasteiger partial charge on any atom is 0.0547 e. The Hall–Kier alpha value is -9.96. The van der Waals surface area contributed by atoms with Gasteiger partial charge >= 0.3 is 0 Å². The second-order valence-corrected chi connectivity index (χ2v) is 33.5. The molecule has 0 spiro atoms. The van der Waals surface area contributed by atoms with E-state index in [-0.39, 0.29) is 5.41 Å². The third-order valence-corrected chi connectivity index (χ3v) is 25.1. The summed E-state index contributed by atoms with van der Waals surface area (Å²) in [6.45, 7) is 18.4. The molecule has 1 aliphatic carbocycles. The highest BCUT2D eigenvalue weighted by Gasteiger charge is 2.43. The van der Waals surface area contributed by atoms with Gasteiger partial charge in [0.25, 0.3) is 0 Å². The molecule has 0 aliphatic heterocycles. The average Bonchev–Trinajstić information content (AvgIpc) is 1.54. The molecule has 1 heterocycles. The van der Waals surface area contributed by atoms with E-state index in [2.05, 4.69) is 331 Å². The topological polar surface area (TPSA) is 11.4 Å². The van der Waals surface area contributed by atoms with Crippen molar-refractivity contribution in [3.8, 4) is 61.3 Å². The molecule has 586 valence electrons. The lowest BCUT2D eigenvalue weighted by atomic mass is 9.70. The summed E-state index contributed by atoms with van der Waals surface area (Å²) >= 11 is 0. The zero-order valence-corrected chi connectivity index (χ0v) is 70.4. The molecule has 14 rings (SSSR count). The van der Waals surface area contributed by atoms with Crippen LogP contribution in [0.25, 0.3) is 83.1 Å². The zero-order valence-electron chi connectivity index (χ0n) is 70.4. The number of fused-ring (bicyclic) bond motifs is 6. The van der Waals surface area contributed by atoms with Crippen LogP contribution in [0, 0.1) is 13.8 Å². The molecule has 0 radical (unpaired) electrons. The van der Waals surface area contributed by atoms with Crippen molar-refractivity contribution in [2.24, 2.45) is 0 Å². The molecule has 12 aromatic carbocycles. The molecule has 0 fully saturated rings. The number of anilines is 6. The zero-order chi connectivity index (χ0) is 78.6. The lowest BCUT2D eigenvalue weighted by Gasteiger charge is -2.33. The van der Waals surface area contributed by atoms with Gasteiger partial charge in [-0.1, -0.05) is 339 Å². The van der Waals surface area contributed by atoms with Crippen LogP contribution in [-0.4, -0.2) is 4.57 Å². The molecule has 0 unspecified atom stereocenters. The Morgan fingerprint density at radius 1 is 0.254 bits per heavy atom. The Morgan fingerprint density at radius 3 is 1.07 bits per heavy atom. The first-order valence-electron chi connectivity index (χ1n) is 44.8. The maximum atomic E-state index is 2.74. The van der Waals surface area contributed by atoms with Gasteiger partial charge in [0.15, 0.2) is 0 Å². The normalized spacial score (nSPS) is 12.3. The molecule has 0 N–H and O–H groups in total. The molecule has 0 saturated carbocycles. The van der Waals surface area contributed by atoms with Crippen molar-refractivity contribution in [1.29, 1.82) is 0 Å². The first-order chi connectivity index (χ1) is 56.1. The number of hydrogen-bond acceptors (Lipinski definition) is 2. The fraction of sp³-hybridized carbons (Fsp3) is 0.351. The highest BCUT2D eigenvalue weighted by atomic mass is 15.1. The van der Waals surface area contributed by atoms with E-state index in [1.54, 1.807) is 11.1 Å². The molecular weight excluding hydrogens is 1380 g/mol. The summed E-state index contributed by atoms with van der Waals surface area (Å²) in [4.78, 5) is 4.84. The summed E-state index contributed by atoms with van der Waals surface area (Å²) < 4.78 is 2.74. The number of aromatic nitrogens is 1. The Bertz CT molecular complexity index is 5170. The number of aryl methyl sites for hydroxylation is 6. The summed E-state index contributed by atoms with van der Waals surface area (Å²) in [7, 11) is 0. The van der Waals surface area contributed by atoms with Crippen molar-refractivity contribution in [1.82, 2.24) is 4.57 Å². The predicted octanol–water partition coefficient (Wildman–Crippen LogP) is 33.7. The Morgan fingerprint density at radius 2 is 0.623 bits per heavy atom. The molecule has 0 atom stereocenters. The van der Waals surface area contributed by atoms with E-state index >= 15 is 0 Å². The second kappa shape index (κ2) is 39.4. The van der Waals surface area contributed by atoms with E-state index in [4.69, 9.17) is 0 Å². The second-order valence-electron chi connectivity index (χ2n) is 33.5. The molecule has 3 nitrogen and oxygen atoms in total. The third kappa shape index (κ3) is 18.7. The lowest BCUT2D eigenvalue weighted by molar-refractivity contribution is 0.398. The van der Waals surface area contributed by atoms with Crippen molar-refractivity contribution >= 4 is 55.9 Å². The van der Waals surface area contributed by atoms with Gasteiger partial charge in [-0.25, -0.2) is 0 Å². The van der Waals surface area contributed by atoms with Gasteiger partial charge in [0, 0.05) is 56.0 Å². The van der Waals surface area contributed by atoms with Gasteiger partial charge in [-0.3, -0.25) is 0 Å². The van der Waals surface area contributed by atoms with Crippen molar-refractivity contribution in [2.45, 2.75) is 253 Å². The number of rotatable bonds is 41. The van der Waals surface area contributed by atoms with Crippen LogP contribution in [0.4, 0.5) is 34.1 Å². The molecule has 0 amide bonds. The summed E-state index contributed by atoms with van der Waals surface area (Å²) in [6.07, 6.45) is 37.1. The number of nitrogens with zero attached hydrogens (tertiary/aromatic N) is 3. The molecule has 0 saturated heterocycles. The van der Waals surface area contributed by atoms with Crippen molar-refractivity contribution < 1.29 is 0 Å². The fourth-order valence-electron chi connectivity index (χ4n) is 18.5. The number of hydrogen-bond donors (Lipinski definition) is 0. The standard InChI is InChI=1S/C111H127N3/c1-9-15-21-25-27-33-75-111(76-34-28-26-22-16-10-2)106-77-83(8)43-74-101(106)104-81-110-105(80-107(104)111)102-39-31-32-40-108(102)114(110)109-79-93(37-29-23-17-11-3)103(78-94(109)38-30-24-18-12-4)92-60-72-100(73-61-92)113(98-66-54-89(55-67-98)87-50-46-85(47-51-87)36-20-14-6)99-70-58-91(59-71-99)90-56-68-97(69-57-90)112(95-62-41-82(7)42-63-95)96-64-52-88(53-65-96)86-48-44-84(45-49-86)35-19-13-5/h31-32,39-74,77-81H,9-30,33-38,75-76H2,1-8H3. The third-order valence-electron chi connectivity index (χ3n) is 25.1. The van der Waals surface area contributed by atoms with Crippen LogP contribution < -0.4 is 9.80 Å². The van der Waals surface area contributed by atoms with Crippen molar-refractivity contribution in [3.63, 3.8) is 0 Å². The van der Waals surface area contributed by atoms with Gasteiger partial charge in [-0.2, -0.15) is 0 Å². The van der Waals surface area contributed by atoms with Gasteiger partial charge in [0.05, 0.1) is 11.0 Å². The largest absolute Gasteiger partial charge is 0.311 e. The van der Waals surface area contributed by atoms with E-state index in [0.717, 1.165) is 72.6 Å². The number of para-hydroxylation sites is 1. The molecule has 114 heavy (non-hydrogen) atoms. The molecule has 0 bridgehead atoms. The lowest BCUT2D eigenvalue weighted by Crippen LogP contribution is -2.25. The van der Waals surface area contributed by atoms with Crippen LogP contribution >= 0.6 is 0 Å². The van der Waals surface area contributed by atoms with Crippen molar-refractivity contribution in [2.75, 3.05) is 9.80 Å². The van der Waals surface area contributed by atoms with Gasteiger partial charge in [-0.15, -0.1) is 0 Å². The maximum absolute atomic E-state index is 2.74. The minimum atomic E-state index is 0.00226. The van der Waals surface area contributed by atoms with E-state index < -0.39 is 0 Å². The Balaban J connectivity index is 0.831. The minimum Gasteiger partial charge on any atom is -0.311 e. The minimum absolute atomic E-state index is 0.00226. The Kier molecular flexibility index (Phi) is 27.9. The van der Waals surface area contributed by atoms with E-state index in [1.165, 1.54) is 271 Å². The fourth-order valence-corrected chi connectivity index (χ4v) is 18.5. The smallest absolute Gasteiger partial charge is 0.0547 e. The summed E-state index contributed by atoms with van der Waals surface area (Å²) in [5.74, 6) is 0. The van der Waals surface area contributed by atoms with Gasteiger partial charge in [-0.05, 0) is 270 Å². The van der Waals surface area contributed by atoms with Gasteiger partial charge in [0.1, 0.15) is 0 Å². The predicted molar refractivity (Wildman–Crippen MR) is 496 cm³/mol. The number of unbranched alkanes of at least 4 members (excludes halogenated alkanes) is 18. The average molecular weight is 1500 g/mol. The quantitative estimate of drug-likeness (QED) is 0.0354. The van der Waals surface area contributed by atoms with Gasteiger partial charge < -0.3 is 14.4 Å². The van der Waals surface area contributed by atoms with Crippen LogP contribution in [0.5, 0.6) is 0 Å². The van der Waals surface area contributed by atoms with Crippen LogP contribution in [0.3, 0.4) is 0 Å². The Labute approximate surface area is 686 Å². The summed E-state index contributed by atoms with van der Waals surface area (Å²) in [6, 6.07) is 101. The SMILES string of the molecule is CCCCCCCCC1(CCCCCCCC)c2cc(C)ccc2-c2cc3c(cc21)c1ccccc1n3-c1cc(CCCCCC)c(-c2ccc(N(c3ccc(-c4ccc(CCCC)cc4)cc3)c3ccc(-c4ccc(N(c5ccc(C)cc5)c5ccc(-c6ccc(CCCC)cc6)cc5)cc4)cc3)cc2)cc1CCCCCC. The van der Waals surface area contributed by atoms with Crippen molar-refractivity contribution in [3.05, 3.63) is 305 Å². The first kappa shape index (κ1) is 80.6. The van der Waals surface area contributed by atoms with Crippen LogP contribution in [0.1, 0.15) is 253 Å². The van der Waals surface area contributed by atoms with Crippen LogP contribution in [0.2, 0.25) is 0 Å². The summed E-state index contributed by atoms with van der Waals surface area (Å²) in [5, 5.41) is 2.78. The molecule has 13 aromatic rings. The van der Waals surface area contributed by atoms with Gasteiger partial charge in [0.2, 0.25) is 0 Å². The first-order valence-corrected chi connectivity index (χ1v) is 44.8.